The summed E-state index contributed by atoms with van der Waals surface area (Å²) in [4.78, 5) is 9.21. The molecular formula is C36H40FN8O2+. The number of hydrogen-bond donors (Lipinski definition) is 1. The van der Waals surface area contributed by atoms with Gasteiger partial charge in [0.25, 0.3) is 0 Å². The Morgan fingerprint density at radius 1 is 0.894 bits per heavy atom. The monoisotopic (exact) mass is 635 g/mol. The van der Waals surface area contributed by atoms with E-state index in [-0.39, 0.29) is 11.9 Å². The third kappa shape index (κ3) is 4.97. The number of aromatic nitrogens is 3. The van der Waals surface area contributed by atoms with Crippen LogP contribution in [0.3, 0.4) is 0 Å². The first-order valence-electron chi connectivity index (χ1n) is 16.2. The van der Waals surface area contributed by atoms with E-state index in [0.29, 0.717) is 43.2 Å². The summed E-state index contributed by atoms with van der Waals surface area (Å²) in [6, 6.07) is 15.9. The van der Waals surface area contributed by atoms with Crippen LogP contribution in [0.15, 0.2) is 96.1 Å². The molecule has 0 amide bonds. The summed E-state index contributed by atoms with van der Waals surface area (Å²) in [5.74, 6) is 0.878. The number of nitrogens with one attached hydrogen (secondary N) is 1. The van der Waals surface area contributed by atoms with Crippen molar-refractivity contribution in [1.29, 1.82) is 0 Å². The molecule has 4 aliphatic rings. The van der Waals surface area contributed by atoms with Gasteiger partial charge in [-0.3, -0.25) is 4.98 Å². The van der Waals surface area contributed by atoms with E-state index in [1.165, 1.54) is 5.56 Å². The van der Waals surface area contributed by atoms with Crippen LogP contribution in [0.25, 0.3) is 16.6 Å². The van der Waals surface area contributed by atoms with Gasteiger partial charge in [0.1, 0.15) is 28.8 Å². The van der Waals surface area contributed by atoms with Gasteiger partial charge in [-0.1, -0.05) is 23.8 Å². The van der Waals surface area contributed by atoms with E-state index in [4.69, 9.17) is 14.6 Å². The van der Waals surface area contributed by atoms with Crippen molar-refractivity contribution in [2.75, 3.05) is 65.1 Å². The summed E-state index contributed by atoms with van der Waals surface area (Å²) in [5, 5.41) is 11.7. The Morgan fingerprint density at radius 3 is 2.43 bits per heavy atom. The Morgan fingerprint density at radius 2 is 1.64 bits per heavy atom. The van der Waals surface area contributed by atoms with Crippen LogP contribution in [-0.2, 0) is 9.47 Å². The minimum absolute atomic E-state index is 0.243. The fourth-order valence-electron chi connectivity index (χ4n) is 7.36. The minimum atomic E-state index is -0.266. The lowest BCUT2D eigenvalue weighted by molar-refractivity contribution is -0.862. The highest BCUT2D eigenvalue weighted by Gasteiger charge is 2.52. The van der Waals surface area contributed by atoms with E-state index in [9.17, 15) is 0 Å². The van der Waals surface area contributed by atoms with Gasteiger partial charge in [-0.15, -0.1) is 0 Å². The molecule has 2 aromatic carbocycles. The fraction of sp³-hybridized carbons (Fsp3) is 0.333. The Labute approximate surface area is 274 Å². The lowest BCUT2D eigenvalue weighted by atomic mass is 10.0. The van der Waals surface area contributed by atoms with Crippen molar-refractivity contribution in [3.8, 4) is 5.69 Å². The lowest BCUT2D eigenvalue weighted by Gasteiger charge is -2.41. The number of nitrogens with zero attached hydrogens (tertiary/aromatic N) is 7. The molecule has 4 aromatic rings. The van der Waals surface area contributed by atoms with Gasteiger partial charge in [-0.2, -0.15) is 14.7 Å². The number of halogens is 1. The first kappa shape index (κ1) is 29.7. The van der Waals surface area contributed by atoms with Gasteiger partial charge in [0.15, 0.2) is 5.82 Å². The molecule has 8 rings (SSSR count). The molecule has 242 valence electrons. The van der Waals surface area contributed by atoms with Crippen LogP contribution in [0.4, 0.5) is 10.1 Å². The Kier molecular flexibility index (Phi) is 7.27. The molecule has 2 fully saturated rings. The summed E-state index contributed by atoms with van der Waals surface area (Å²) in [7, 11) is 4.27. The Hall–Kier alpha value is -4.71. The van der Waals surface area contributed by atoms with Crippen molar-refractivity contribution in [2.24, 2.45) is 0 Å². The molecule has 1 N–H and O–H groups in total. The highest BCUT2D eigenvalue weighted by Crippen LogP contribution is 2.47. The maximum atomic E-state index is 15.7. The number of aryl methyl sites for hydroxylation is 2. The number of ether oxygens (including phenoxy) is 2. The second-order valence-electron chi connectivity index (χ2n) is 13.0. The Bertz CT molecular complexity index is 1940. The average molecular weight is 636 g/mol. The molecule has 1 unspecified atom stereocenters. The summed E-state index contributed by atoms with van der Waals surface area (Å²) < 4.78 is 30.3. The number of quaternary nitrogens is 1. The second-order valence-corrected chi connectivity index (χ2v) is 13.0. The second kappa shape index (κ2) is 11.5. The number of hydrogen-bond acceptors (Lipinski definition) is 8. The van der Waals surface area contributed by atoms with Crippen molar-refractivity contribution in [3.63, 3.8) is 0 Å². The highest BCUT2D eigenvalue weighted by molar-refractivity contribution is 5.83. The van der Waals surface area contributed by atoms with Crippen LogP contribution in [0.2, 0.25) is 0 Å². The van der Waals surface area contributed by atoms with Gasteiger partial charge >= 0.3 is 0 Å². The zero-order chi connectivity index (χ0) is 32.3. The summed E-state index contributed by atoms with van der Waals surface area (Å²) in [6.07, 6.45) is 7.48. The van der Waals surface area contributed by atoms with E-state index >= 15 is 4.39 Å². The van der Waals surface area contributed by atoms with Crippen LogP contribution in [0.5, 0.6) is 0 Å². The fourth-order valence-corrected chi connectivity index (χ4v) is 7.36. The van der Waals surface area contributed by atoms with Crippen LogP contribution >= 0.6 is 0 Å². The molecule has 2 saturated heterocycles. The number of benzene rings is 2. The minimum Gasteiger partial charge on any atom is -0.378 e. The molecule has 4 aliphatic heterocycles. The molecule has 1 atom stereocenters. The van der Waals surface area contributed by atoms with Gasteiger partial charge < -0.3 is 24.6 Å². The first-order valence-corrected chi connectivity index (χ1v) is 16.2. The molecule has 10 nitrogen and oxygen atoms in total. The van der Waals surface area contributed by atoms with Crippen molar-refractivity contribution in [3.05, 3.63) is 119 Å². The van der Waals surface area contributed by atoms with E-state index in [1.54, 1.807) is 6.07 Å². The summed E-state index contributed by atoms with van der Waals surface area (Å²) >= 11 is 0. The molecule has 0 bridgehead atoms. The molecule has 47 heavy (non-hydrogen) atoms. The topological polar surface area (TPSA) is 70.9 Å². The van der Waals surface area contributed by atoms with E-state index in [2.05, 4.69) is 76.6 Å². The van der Waals surface area contributed by atoms with E-state index < -0.39 is 0 Å². The number of morpholine rings is 2. The molecule has 0 spiro atoms. The van der Waals surface area contributed by atoms with Crippen molar-refractivity contribution < 1.29 is 18.5 Å². The number of pyridine rings is 1. The largest absolute Gasteiger partial charge is 0.378 e. The molecule has 11 heteroatoms. The van der Waals surface area contributed by atoms with E-state index in [0.717, 1.165) is 63.7 Å². The predicted molar refractivity (Wildman–Crippen MR) is 178 cm³/mol. The van der Waals surface area contributed by atoms with Crippen molar-refractivity contribution >= 4 is 16.6 Å². The van der Waals surface area contributed by atoms with E-state index in [1.807, 2.05) is 48.4 Å². The van der Waals surface area contributed by atoms with Gasteiger partial charge in [0.05, 0.1) is 63.6 Å². The quantitative estimate of drug-likeness (QED) is 0.311. The molecule has 6 heterocycles. The Balaban J connectivity index is 1.19. The first-order chi connectivity index (χ1) is 22.8. The number of dihydropyridines is 1. The van der Waals surface area contributed by atoms with Gasteiger partial charge in [-0.25, -0.2) is 9.07 Å². The smallest absolute Gasteiger partial charge is 0.240 e. The summed E-state index contributed by atoms with van der Waals surface area (Å²) in [5.41, 5.74) is 8.52. The van der Waals surface area contributed by atoms with Gasteiger partial charge in [0, 0.05) is 43.6 Å². The van der Waals surface area contributed by atoms with Crippen LogP contribution in [0.1, 0.15) is 22.9 Å². The predicted octanol–water partition coefficient (Wildman–Crippen LogP) is 4.89. The van der Waals surface area contributed by atoms with Gasteiger partial charge in [-0.05, 0) is 49.7 Å². The number of rotatable bonds is 5. The zero-order valence-corrected chi connectivity index (χ0v) is 27.3. The maximum Gasteiger partial charge on any atom is 0.240 e. The molecule has 0 radical (unpaired) electrons. The van der Waals surface area contributed by atoms with Crippen LogP contribution in [0, 0.1) is 19.7 Å². The molecule has 0 saturated carbocycles. The SMILES string of the molecule is Cc1ccc(-n2nc(C3CN(C4=CNC=C5C4=C(N4CCOCC4)[N+](C)(C)N5c4ccc(C)cc4F)CCO3)c3ccncc32)cc1. The number of anilines is 1. The van der Waals surface area contributed by atoms with Crippen molar-refractivity contribution in [1.82, 2.24) is 29.9 Å². The maximum absolute atomic E-state index is 15.7. The number of fused-ring (bicyclic) bond motifs is 2. The van der Waals surface area contributed by atoms with Crippen LogP contribution < -0.4 is 10.3 Å². The molecule has 0 aliphatic carbocycles. The normalized spacial score (nSPS) is 21.1. The molecular weight excluding hydrogens is 595 g/mol. The van der Waals surface area contributed by atoms with Crippen LogP contribution in [-0.4, -0.2) is 89.3 Å². The van der Waals surface area contributed by atoms with Crippen molar-refractivity contribution in [2.45, 2.75) is 20.0 Å². The molecule has 2 aromatic heterocycles. The highest BCUT2D eigenvalue weighted by atomic mass is 19.1. The third-order valence-corrected chi connectivity index (χ3v) is 9.57. The standard InChI is InChI=1S/C36H40FN8O2/c1-24-5-8-26(9-6-24)43-30-20-38-12-11-27(30)35(40-43)33-23-42(15-18-47-33)31-21-39-22-32-34(31)36(41-13-16-46-17-14-41)45(3,4)44(32)29-10-7-25(2)19-28(29)37/h5-12,19-22,33,39H,13-18,23H2,1-4H3/q+1. The summed E-state index contributed by atoms with van der Waals surface area (Å²) in [6.45, 7) is 8.69. The van der Waals surface area contributed by atoms with Gasteiger partial charge in [0.2, 0.25) is 5.82 Å². The lowest BCUT2D eigenvalue weighted by Crippen LogP contribution is -2.55. The third-order valence-electron chi connectivity index (χ3n) is 9.57. The zero-order valence-electron chi connectivity index (χ0n) is 27.3. The average Bonchev–Trinajstić information content (AvgIpc) is 3.58.